The summed E-state index contributed by atoms with van der Waals surface area (Å²) in [7, 11) is 2.56. The molecule has 2 saturated heterocycles. The highest BCUT2D eigenvalue weighted by Gasteiger charge is 2.52. The van der Waals surface area contributed by atoms with Gasteiger partial charge in [-0.2, -0.15) is 0 Å². The largest absolute Gasteiger partial charge is 0.508 e. The van der Waals surface area contributed by atoms with E-state index >= 15 is 0 Å². The molecular weight excluding hydrogens is 701 g/mol. The standard InChI is InChI=1S/C32H33F3N6O9S/c1-15(42)49-30-24(10-26(44)46-2)50-32(31(47-3)28(30)41-12-22(37-39-41)17-8-19(33)27(35)20(34)9-17)51-25-14-48-13-23(29(25)45)40-11-21(36-38-40)16-5-4-6-18(43)7-16/h4-9,11-12,23-25,28-32,43,45H,10,13-14H2,1-3H3/t23-,24+,25+,28-,29+,30-,31+,32-/m0/s1. The molecule has 0 unspecified atom stereocenters. The number of aromatic hydroxyl groups is 1. The van der Waals surface area contributed by atoms with Crippen molar-refractivity contribution in [1.82, 2.24) is 30.0 Å². The summed E-state index contributed by atoms with van der Waals surface area (Å²) in [4.78, 5) is 24.9. The second-order valence-corrected chi connectivity index (χ2v) is 13.2. The highest BCUT2D eigenvalue weighted by atomic mass is 32.2. The van der Waals surface area contributed by atoms with E-state index in [9.17, 15) is 33.0 Å². The minimum atomic E-state index is -1.65. The van der Waals surface area contributed by atoms with Crippen molar-refractivity contribution in [2.45, 2.75) is 60.5 Å². The van der Waals surface area contributed by atoms with Crippen molar-refractivity contribution >= 4 is 23.7 Å². The third-order valence-corrected chi connectivity index (χ3v) is 9.94. The monoisotopic (exact) mass is 734 g/mol. The van der Waals surface area contributed by atoms with Crippen LogP contribution >= 0.6 is 11.8 Å². The van der Waals surface area contributed by atoms with Gasteiger partial charge in [0.15, 0.2) is 23.6 Å². The van der Waals surface area contributed by atoms with Gasteiger partial charge in [0.1, 0.15) is 46.9 Å². The maximum atomic E-state index is 14.1. The van der Waals surface area contributed by atoms with E-state index in [1.807, 2.05) is 0 Å². The molecule has 0 spiro atoms. The van der Waals surface area contributed by atoms with E-state index < -0.39 is 76.6 Å². The fourth-order valence-electron chi connectivity index (χ4n) is 6.07. The van der Waals surface area contributed by atoms with E-state index in [1.165, 1.54) is 41.9 Å². The fourth-order valence-corrected chi connectivity index (χ4v) is 7.57. The zero-order valence-electron chi connectivity index (χ0n) is 27.3. The van der Waals surface area contributed by atoms with Gasteiger partial charge in [0.05, 0.1) is 50.5 Å². The zero-order valence-corrected chi connectivity index (χ0v) is 28.2. The summed E-state index contributed by atoms with van der Waals surface area (Å²) in [5.74, 6) is -5.85. The Bertz CT molecular complexity index is 1860. The zero-order chi connectivity index (χ0) is 36.4. The number of aliphatic hydroxyl groups is 1. The van der Waals surface area contributed by atoms with Gasteiger partial charge in [0.2, 0.25) is 0 Å². The molecule has 2 N–H and O–H groups in total. The Morgan fingerprint density at radius 3 is 2.33 bits per heavy atom. The molecule has 8 atom stereocenters. The molecule has 0 aliphatic carbocycles. The number of hydrogen-bond acceptors (Lipinski definition) is 14. The van der Waals surface area contributed by atoms with Crippen LogP contribution in [0.5, 0.6) is 5.75 Å². The molecule has 272 valence electrons. The molecule has 4 heterocycles. The number of methoxy groups -OCH3 is 2. The molecule has 15 nitrogen and oxygen atoms in total. The van der Waals surface area contributed by atoms with Crippen LogP contribution in [0.25, 0.3) is 22.5 Å². The number of hydrogen-bond donors (Lipinski definition) is 2. The van der Waals surface area contributed by atoms with Crippen molar-refractivity contribution in [3.63, 3.8) is 0 Å². The van der Waals surface area contributed by atoms with Crippen LogP contribution in [0.2, 0.25) is 0 Å². The number of halogens is 3. The van der Waals surface area contributed by atoms with Gasteiger partial charge in [-0.25, -0.2) is 22.5 Å². The Morgan fingerprint density at radius 1 is 0.980 bits per heavy atom. The number of thioether (sulfide) groups is 1. The summed E-state index contributed by atoms with van der Waals surface area (Å²) in [6.07, 6.45) is -1.83. The molecule has 19 heteroatoms. The molecule has 0 radical (unpaired) electrons. The van der Waals surface area contributed by atoms with Crippen LogP contribution in [-0.2, 0) is 33.3 Å². The Kier molecular flexibility index (Phi) is 10.9. The maximum absolute atomic E-state index is 14.1. The maximum Gasteiger partial charge on any atom is 0.308 e. The average molecular weight is 735 g/mol. The van der Waals surface area contributed by atoms with E-state index in [4.69, 9.17) is 23.7 Å². The molecule has 2 aromatic carbocycles. The predicted octanol–water partition coefficient (Wildman–Crippen LogP) is 2.84. The van der Waals surface area contributed by atoms with E-state index in [0.717, 1.165) is 30.8 Å². The molecule has 0 bridgehead atoms. The number of nitrogens with zero attached hydrogens (tertiary/aromatic N) is 6. The molecule has 2 fully saturated rings. The molecule has 2 aliphatic rings. The van der Waals surface area contributed by atoms with Gasteiger partial charge in [0.25, 0.3) is 0 Å². The molecule has 2 aromatic heterocycles. The summed E-state index contributed by atoms with van der Waals surface area (Å²) in [5, 5.41) is 37.4. The third-order valence-electron chi connectivity index (χ3n) is 8.53. The van der Waals surface area contributed by atoms with E-state index in [1.54, 1.807) is 18.3 Å². The molecule has 6 rings (SSSR count). The number of phenols is 1. The van der Waals surface area contributed by atoms with Gasteiger partial charge >= 0.3 is 11.9 Å². The van der Waals surface area contributed by atoms with Gasteiger partial charge in [0, 0.05) is 25.2 Å². The Balaban J connectivity index is 1.31. The first-order valence-corrected chi connectivity index (χ1v) is 16.5. The number of carbonyl (C=O) groups excluding carboxylic acids is 2. The van der Waals surface area contributed by atoms with E-state index in [0.29, 0.717) is 11.3 Å². The van der Waals surface area contributed by atoms with Crippen molar-refractivity contribution < 1.29 is 56.7 Å². The number of benzene rings is 2. The smallest absolute Gasteiger partial charge is 0.308 e. The minimum Gasteiger partial charge on any atom is -0.508 e. The lowest BCUT2D eigenvalue weighted by Gasteiger charge is -2.46. The normalized spacial score (nSPS) is 26.5. The number of aliphatic hydroxyl groups excluding tert-OH is 1. The lowest BCUT2D eigenvalue weighted by molar-refractivity contribution is -0.203. The van der Waals surface area contributed by atoms with Gasteiger partial charge in [-0.05, 0) is 24.3 Å². The molecule has 2 aliphatic heterocycles. The Hall–Kier alpha value is -4.56. The van der Waals surface area contributed by atoms with Crippen LogP contribution in [0, 0.1) is 17.5 Å². The molecular formula is C32H33F3N6O9S. The highest BCUT2D eigenvalue weighted by molar-refractivity contribution is 8.00. The Labute approximate surface area is 292 Å². The summed E-state index contributed by atoms with van der Waals surface area (Å²) < 4.78 is 73.3. The highest BCUT2D eigenvalue weighted by Crippen LogP contribution is 2.43. The van der Waals surface area contributed by atoms with E-state index in [-0.39, 0.29) is 36.6 Å². The lowest BCUT2D eigenvalue weighted by atomic mass is 9.94. The average Bonchev–Trinajstić information content (AvgIpc) is 3.79. The first-order chi connectivity index (χ1) is 24.5. The SMILES string of the molecule is COC(=O)C[C@H]1O[C@@H](S[C@@H]2COC[C@H](n3cc(-c4cccc(O)c4)nn3)[C@H]2O)[C@H](OC)[C@@H](n2cc(-c3cc(F)c(F)c(F)c3)nn2)[C@H]1OC(C)=O. The number of esters is 2. The minimum absolute atomic E-state index is 0.0405. The summed E-state index contributed by atoms with van der Waals surface area (Å²) in [6, 6.07) is 6.28. The van der Waals surface area contributed by atoms with Crippen molar-refractivity contribution in [3.8, 4) is 28.3 Å². The van der Waals surface area contributed by atoms with Crippen molar-refractivity contribution in [2.24, 2.45) is 0 Å². The number of phenolic OH excluding ortho intramolecular Hbond substituents is 1. The second-order valence-electron chi connectivity index (χ2n) is 11.8. The number of rotatable bonds is 10. The van der Waals surface area contributed by atoms with E-state index in [2.05, 4.69) is 20.6 Å². The van der Waals surface area contributed by atoms with Crippen LogP contribution in [-0.4, -0.2) is 115 Å². The lowest BCUT2D eigenvalue weighted by Crippen LogP contribution is -2.57. The fraction of sp³-hybridized carbons (Fsp3) is 0.438. The molecule has 51 heavy (non-hydrogen) atoms. The van der Waals surface area contributed by atoms with Crippen molar-refractivity contribution in [2.75, 3.05) is 27.4 Å². The third kappa shape index (κ3) is 7.71. The number of carbonyl (C=O) groups is 2. The van der Waals surface area contributed by atoms with Crippen molar-refractivity contribution in [1.29, 1.82) is 0 Å². The first kappa shape index (κ1) is 36.2. The predicted molar refractivity (Wildman–Crippen MR) is 170 cm³/mol. The van der Waals surface area contributed by atoms with Crippen LogP contribution < -0.4 is 0 Å². The van der Waals surface area contributed by atoms with Crippen LogP contribution in [0.4, 0.5) is 13.2 Å². The first-order valence-electron chi connectivity index (χ1n) is 15.6. The molecule has 4 aromatic rings. The molecule has 0 saturated carbocycles. The number of ether oxygens (including phenoxy) is 5. The van der Waals surface area contributed by atoms with Crippen LogP contribution in [0.3, 0.4) is 0 Å². The van der Waals surface area contributed by atoms with Gasteiger partial charge < -0.3 is 33.9 Å². The molecule has 0 amide bonds. The summed E-state index contributed by atoms with van der Waals surface area (Å²) in [6.45, 7) is 1.36. The quantitative estimate of drug-likeness (QED) is 0.179. The number of aromatic nitrogens is 6. The summed E-state index contributed by atoms with van der Waals surface area (Å²) in [5.41, 5.74) is -0.0375. The van der Waals surface area contributed by atoms with Crippen LogP contribution in [0.15, 0.2) is 48.8 Å². The van der Waals surface area contributed by atoms with Crippen molar-refractivity contribution in [3.05, 3.63) is 66.2 Å². The van der Waals surface area contributed by atoms with Gasteiger partial charge in [-0.15, -0.1) is 22.0 Å². The topological polar surface area (TPSA) is 182 Å². The van der Waals surface area contributed by atoms with Crippen LogP contribution in [0.1, 0.15) is 25.4 Å². The van der Waals surface area contributed by atoms with Gasteiger partial charge in [-0.3, -0.25) is 9.59 Å². The van der Waals surface area contributed by atoms with Gasteiger partial charge in [-0.1, -0.05) is 22.6 Å². The second kappa shape index (κ2) is 15.4. The Morgan fingerprint density at radius 2 is 1.67 bits per heavy atom. The summed E-state index contributed by atoms with van der Waals surface area (Å²) >= 11 is 1.14.